The number of aryl methyl sites for hydroxylation is 1. The Morgan fingerprint density at radius 2 is 1.74 bits per heavy atom. The highest BCUT2D eigenvalue weighted by atomic mass is 32.1. The van der Waals surface area contributed by atoms with E-state index in [0.717, 1.165) is 28.7 Å². The van der Waals surface area contributed by atoms with E-state index in [1.807, 2.05) is 59.7 Å². The molecule has 2 aromatic carbocycles. The number of aromatic nitrogens is 2. The molecule has 0 aliphatic carbocycles. The van der Waals surface area contributed by atoms with Gasteiger partial charge in [-0.05, 0) is 80.2 Å². The molecule has 5 rings (SSSR count). The summed E-state index contributed by atoms with van der Waals surface area (Å²) in [6.45, 7) is 3.78. The van der Waals surface area contributed by atoms with Crippen LogP contribution in [0.1, 0.15) is 40.3 Å². The molecule has 3 heterocycles. The van der Waals surface area contributed by atoms with E-state index in [1.54, 1.807) is 32.5 Å². The number of nitrogens with zero attached hydrogens (tertiary/aromatic N) is 3. The van der Waals surface area contributed by atoms with Gasteiger partial charge in [0.1, 0.15) is 11.5 Å². The van der Waals surface area contributed by atoms with Gasteiger partial charge in [0.25, 0.3) is 0 Å². The van der Waals surface area contributed by atoms with Gasteiger partial charge in [0.05, 0.1) is 43.2 Å². The number of alkyl halides is 3. The minimum Gasteiger partial charge on any atom is -0.497 e. The van der Waals surface area contributed by atoms with Crippen molar-refractivity contribution in [2.24, 2.45) is 0 Å². The zero-order chi connectivity index (χ0) is 27.9. The maximum Gasteiger partial charge on any atom is 0.416 e. The number of anilines is 1. The van der Waals surface area contributed by atoms with Crippen molar-refractivity contribution in [3.63, 3.8) is 0 Å². The Labute approximate surface area is 230 Å². The number of pyridine rings is 1. The van der Waals surface area contributed by atoms with Gasteiger partial charge in [0.15, 0.2) is 5.11 Å². The molecule has 2 aromatic heterocycles. The highest BCUT2D eigenvalue weighted by Crippen LogP contribution is 2.47. The fraction of sp³-hybridized carbons (Fsp3) is 0.241. The summed E-state index contributed by atoms with van der Waals surface area (Å²) in [5, 5.41) is 3.89. The first-order valence-corrected chi connectivity index (χ1v) is 12.6. The molecule has 0 unspecified atom stereocenters. The van der Waals surface area contributed by atoms with Crippen LogP contribution < -0.4 is 19.7 Å². The molecule has 202 valence electrons. The van der Waals surface area contributed by atoms with Crippen LogP contribution in [0.2, 0.25) is 0 Å². The Hall–Kier alpha value is -4.05. The van der Waals surface area contributed by atoms with Crippen molar-refractivity contribution in [2.75, 3.05) is 19.1 Å². The van der Waals surface area contributed by atoms with Gasteiger partial charge < -0.3 is 24.3 Å². The number of nitrogens with one attached hydrogen (secondary N) is 1. The van der Waals surface area contributed by atoms with Gasteiger partial charge in [-0.2, -0.15) is 13.2 Å². The number of methoxy groups -OCH3 is 2. The number of hydrogen-bond acceptors (Lipinski definition) is 4. The fourth-order valence-corrected chi connectivity index (χ4v) is 5.56. The molecule has 0 radical (unpaired) electrons. The fourth-order valence-electron chi connectivity index (χ4n) is 5.22. The molecule has 0 bridgehead atoms. The lowest BCUT2D eigenvalue weighted by Crippen LogP contribution is -2.30. The minimum absolute atomic E-state index is 0.343. The lowest BCUT2D eigenvalue weighted by atomic mass is 9.96. The van der Waals surface area contributed by atoms with E-state index in [9.17, 15) is 13.2 Å². The van der Waals surface area contributed by atoms with E-state index in [2.05, 4.69) is 10.3 Å². The van der Waals surface area contributed by atoms with Crippen molar-refractivity contribution >= 4 is 23.0 Å². The average molecular weight is 553 g/mol. The van der Waals surface area contributed by atoms with Crippen molar-refractivity contribution in [3.8, 4) is 17.2 Å². The molecule has 1 saturated heterocycles. The molecule has 1 N–H and O–H groups in total. The van der Waals surface area contributed by atoms with E-state index in [1.165, 1.54) is 12.1 Å². The highest BCUT2D eigenvalue weighted by Gasteiger charge is 2.43. The lowest BCUT2D eigenvalue weighted by Gasteiger charge is -2.29. The Balaban J connectivity index is 1.71. The van der Waals surface area contributed by atoms with Crippen LogP contribution in [-0.2, 0) is 6.18 Å². The SMILES string of the molecule is COc1ccc(OC)c(N2C(=S)N[C@@H](c3ccccn3)[C@H]2c2cc(C)n(-c3cccc(C(F)(F)F)c3)c2C)c1. The summed E-state index contributed by atoms with van der Waals surface area (Å²) in [6.07, 6.45) is -2.73. The zero-order valence-corrected chi connectivity index (χ0v) is 22.6. The van der Waals surface area contributed by atoms with Gasteiger partial charge in [-0.1, -0.05) is 12.1 Å². The van der Waals surface area contributed by atoms with Crippen LogP contribution in [0.25, 0.3) is 5.69 Å². The van der Waals surface area contributed by atoms with Gasteiger partial charge in [-0.25, -0.2) is 0 Å². The molecular weight excluding hydrogens is 525 g/mol. The number of halogens is 3. The van der Waals surface area contributed by atoms with Gasteiger partial charge in [-0.15, -0.1) is 0 Å². The van der Waals surface area contributed by atoms with Gasteiger partial charge in [-0.3, -0.25) is 4.98 Å². The van der Waals surface area contributed by atoms with E-state index in [-0.39, 0.29) is 12.1 Å². The first-order valence-electron chi connectivity index (χ1n) is 12.2. The molecule has 2 atom stereocenters. The molecule has 4 aromatic rings. The van der Waals surface area contributed by atoms with Crippen LogP contribution in [0.4, 0.5) is 18.9 Å². The summed E-state index contributed by atoms with van der Waals surface area (Å²) in [5.74, 6) is 1.22. The van der Waals surface area contributed by atoms with E-state index >= 15 is 0 Å². The molecule has 10 heteroatoms. The van der Waals surface area contributed by atoms with E-state index < -0.39 is 11.7 Å². The quantitative estimate of drug-likeness (QED) is 0.269. The summed E-state index contributed by atoms with van der Waals surface area (Å²) in [5.41, 5.74) is 3.66. The van der Waals surface area contributed by atoms with Crippen LogP contribution in [0, 0.1) is 13.8 Å². The molecule has 1 aliphatic heterocycles. The third kappa shape index (κ3) is 4.80. The summed E-state index contributed by atoms with van der Waals surface area (Å²) >= 11 is 5.86. The van der Waals surface area contributed by atoms with Crippen molar-refractivity contribution in [1.29, 1.82) is 0 Å². The lowest BCUT2D eigenvalue weighted by molar-refractivity contribution is -0.137. The Morgan fingerprint density at radius 1 is 0.949 bits per heavy atom. The molecule has 1 aliphatic rings. The van der Waals surface area contributed by atoms with Gasteiger partial charge in [0.2, 0.25) is 0 Å². The molecule has 1 fully saturated rings. The molecule has 39 heavy (non-hydrogen) atoms. The third-order valence-electron chi connectivity index (χ3n) is 6.96. The summed E-state index contributed by atoms with van der Waals surface area (Å²) in [4.78, 5) is 6.56. The summed E-state index contributed by atoms with van der Waals surface area (Å²) < 4.78 is 53.6. The second kappa shape index (κ2) is 10.3. The smallest absolute Gasteiger partial charge is 0.416 e. The van der Waals surface area contributed by atoms with Crippen molar-refractivity contribution in [1.82, 2.24) is 14.9 Å². The van der Waals surface area contributed by atoms with Gasteiger partial charge >= 0.3 is 6.18 Å². The largest absolute Gasteiger partial charge is 0.497 e. The van der Waals surface area contributed by atoms with Crippen LogP contribution in [0.15, 0.2) is 72.9 Å². The normalized spacial score (nSPS) is 17.3. The molecule has 0 spiro atoms. The number of thiocarbonyl (C=S) groups is 1. The highest BCUT2D eigenvalue weighted by molar-refractivity contribution is 7.80. The van der Waals surface area contributed by atoms with E-state index in [4.69, 9.17) is 21.7 Å². The van der Waals surface area contributed by atoms with Crippen LogP contribution in [0.5, 0.6) is 11.5 Å². The average Bonchev–Trinajstić information content (AvgIpc) is 3.42. The maximum absolute atomic E-state index is 13.5. The number of rotatable bonds is 6. The van der Waals surface area contributed by atoms with Crippen molar-refractivity contribution in [2.45, 2.75) is 32.1 Å². The first kappa shape index (κ1) is 26.6. The van der Waals surface area contributed by atoms with E-state index in [0.29, 0.717) is 28.0 Å². The molecule has 6 nitrogen and oxygen atoms in total. The molecular formula is C29H27F3N4O2S. The maximum atomic E-state index is 13.5. The molecule has 0 saturated carbocycles. The molecule has 0 amide bonds. The zero-order valence-electron chi connectivity index (χ0n) is 21.8. The second-order valence-electron chi connectivity index (χ2n) is 9.24. The summed E-state index contributed by atoms with van der Waals surface area (Å²) in [7, 11) is 3.17. The Bertz CT molecular complexity index is 1520. The first-order chi connectivity index (χ1) is 18.6. The number of ether oxygens (including phenoxy) is 2. The monoisotopic (exact) mass is 552 g/mol. The van der Waals surface area contributed by atoms with Crippen LogP contribution in [0.3, 0.4) is 0 Å². The third-order valence-corrected chi connectivity index (χ3v) is 7.28. The van der Waals surface area contributed by atoms with Gasteiger partial charge in [0, 0.05) is 29.3 Å². The minimum atomic E-state index is -4.45. The number of benzene rings is 2. The van der Waals surface area contributed by atoms with Crippen LogP contribution in [-0.4, -0.2) is 28.9 Å². The topological polar surface area (TPSA) is 51.6 Å². The predicted octanol–water partition coefficient (Wildman–Crippen LogP) is 6.70. The summed E-state index contributed by atoms with van der Waals surface area (Å²) in [6, 6.07) is 17.7. The number of hydrogen-bond donors (Lipinski definition) is 1. The van der Waals surface area contributed by atoms with Crippen molar-refractivity contribution in [3.05, 3.63) is 101 Å². The second-order valence-corrected chi connectivity index (χ2v) is 9.63. The Kier molecular flexibility index (Phi) is 6.98. The Morgan fingerprint density at radius 3 is 2.41 bits per heavy atom. The van der Waals surface area contributed by atoms with Crippen molar-refractivity contribution < 1.29 is 22.6 Å². The predicted molar refractivity (Wildman–Crippen MR) is 148 cm³/mol. The van der Waals surface area contributed by atoms with Crippen LogP contribution >= 0.6 is 12.2 Å². The standard InChI is InChI=1S/C29H27F3N4O2S/c1-17-14-22(18(2)35(17)20-9-7-8-19(15-20)29(30,31)32)27-26(23-10-5-6-13-33-23)34-28(39)36(27)24-16-21(37-3)11-12-25(24)38-4/h5-16,26-27H,1-4H3,(H,34,39)/t26-,27+/m0/s1.